The average Bonchev–Trinajstić information content (AvgIpc) is 2.46. The van der Waals surface area contributed by atoms with E-state index in [2.05, 4.69) is 15.9 Å². The zero-order valence-corrected chi connectivity index (χ0v) is 14.5. The van der Waals surface area contributed by atoms with E-state index in [1.165, 1.54) is 12.1 Å². The smallest absolute Gasteiger partial charge is 0.262 e. The molecule has 8 heteroatoms. The molecule has 1 fully saturated rings. The number of amides is 1. The molecule has 0 aliphatic carbocycles. The molecule has 0 N–H and O–H groups in total. The van der Waals surface area contributed by atoms with Gasteiger partial charge < -0.3 is 9.64 Å². The van der Waals surface area contributed by atoms with E-state index < -0.39 is 9.05 Å². The number of piperidine rings is 1. The Bertz CT molecular complexity index is 650. The van der Waals surface area contributed by atoms with Gasteiger partial charge in [0, 0.05) is 40.9 Å². The van der Waals surface area contributed by atoms with Gasteiger partial charge in [-0.3, -0.25) is 4.79 Å². The molecule has 1 atom stereocenters. The van der Waals surface area contributed by atoms with Crippen LogP contribution in [-0.4, -0.2) is 45.5 Å². The Kier molecular flexibility index (Phi) is 5.29. The first-order chi connectivity index (χ1) is 9.82. The SMILES string of the molecule is COC1CCCN(C(=O)c2ccc(Br)c(S(=O)(=O)Cl)c2)C1. The molecule has 0 aromatic heterocycles. The molecule has 2 rings (SSSR count). The normalized spacial score (nSPS) is 19.6. The molecule has 0 bridgehead atoms. The van der Waals surface area contributed by atoms with Gasteiger partial charge in [0.05, 0.1) is 11.0 Å². The summed E-state index contributed by atoms with van der Waals surface area (Å²) in [7, 11) is 3.08. The largest absolute Gasteiger partial charge is 0.380 e. The maximum atomic E-state index is 12.5. The fourth-order valence-electron chi connectivity index (χ4n) is 2.32. The first kappa shape index (κ1) is 16.7. The summed E-state index contributed by atoms with van der Waals surface area (Å²) in [4.78, 5) is 14.0. The van der Waals surface area contributed by atoms with Crippen molar-refractivity contribution in [1.82, 2.24) is 4.90 Å². The first-order valence-corrected chi connectivity index (χ1v) is 9.49. The van der Waals surface area contributed by atoms with Crippen molar-refractivity contribution in [2.24, 2.45) is 0 Å². The summed E-state index contributed by atoms with van der Waals surface area (Å²) in [5.74, 6) is -0.217. The van der Waals surface area contributed by atoms with Crippen LogP contribution in [0.1, 0.15) is 23.2 Å². The molecule has 1 unspecified atom stereocenters. The van der Waals surface area contributed by atoms with Crippen LogP contribution in [-0.2, 0) is 13.8 Å². The Balaban J connectivity index is 2.28. The summed E-state index contributed by atoms with van der Waals surface area (Å²) >= 11 is 3.12. The van der Waals surface area contributed by atoms with Gasteiger partial charge in [-0.05, 0) is 47.0 Å². The fraction of sp³-hybridized carbons (Fsp3) is 0.462. The number of ether oxygens (including phenoxy) is 1. The highest BCUT2D eigenvalue weighted by Gasteiger charge is 2.25. The van der Waals surface area contributed by atoms with Gasteiger partial charge in [-0.2, -0.15) is 0 Å². The number of halogens is 2. The number of benzene rings is 1. The number of hydrogen-bond donors (Lipinski definition) is 0. The van der Waals surface area contributed by atoms with Crippen molar-refractivity contribution < 1.29 is 17.9 Å². The van der Waals surface area contributed by atoms with E-state index in [9.17, 15) is 13.2 Å². The van der Waals surface area contributed by atoms with Crippen LogP contribution in [0.3, 0.4) is 0 Å². The molecular formula is C13H15BrClNO4S. The maximum Gasteiger partial charge on any atom is 0.262 e. The van der Waals surface area contributed by atoms with Gasteiger partial charge in [-0.25, -0.2) is 8.42 Å². The lowest BCUT2D eigenvalue weighted by Crippen LogP contribution is -2.42. The standard InChI is InChI=1S/C13H15BrClNO4S/c1-20-10-3-2-6-16(8-10)13(17)9-4-5-11(14)12(7-9)21(15,18)19/h4-5,7,10H,2-3,6,8H2,1H3. The van der Waals surface area contributed by atoms with E-state index in [-0.39, 0.29) is 16.9 Å². The highest BCUT2D eigenvalue weighted by molar-refractivity contribution is 9.10. The molecule has 5 nitrogen and oxygen atoms in total. The van der Waals surface area contributed by atoms with Gasteiger partial charge >= 0.3 is 0 Å². The van der Waals surface area contributed by atoms with Crippen molar-refractivity contribution >= 4 is 41.6 Å². The topological polar surface area (TPSA) is 63.7 Å². The lowest BCUT2D eigenvalue weighted by Gasteiger charge is -2.32. The van der Waals surface area contributed by atoms with Crippen LogP contribution < -0.4 is 0 Å². The van der Waals surface area contributed by atoms with Gasteiger partial charge in [-0.15, -0.1) is 0 Å². The third kappa shape index (κ3) is 3.97. The molecule has 1 aromatic rings. The zero-order valence-electron chi connectivity index (χ0n) is 11.4. The summed E-state index contributed by atoms with van der Waals surface area (Å²) in [5, 5.41) is 0. The quantitative estimate of drug-likeness (QED) is 0.737. The summed E-state index contributed by atoms with van der Waals surface area (Å²) in [6.45, 7) is 1.14. The number of carbonyl (C=O) groups excluding carboxylic acids is 1. The highest BCUT2D eigenvalue weighted by Crippen LogP contribution is 2.27. The first-order valence-electron chi connectivity index (χ1n) is 6.39. The monoisotopic (exact) mass is 395 g/mol. The number of likely N-dealkylation sites (tertiary alicyclic amines) is 1. The van der Waals surface area contributed by atoms with Crippen LogP contribution in [0.25, 0.3) is 0 Å². The van der Waals surface area contributed by atoms with Crippen LogP contribution in [0.15, 0.2) is 27.6 Å². The summed E-state index contributed by atoms with van der Waals surface area (Å²) in [6.07, 6.45) is 1.80. The second-order valence-corrected chi connectivity index (χ2v) is 8.22. The van der Waals surface area contributed by atoms with Crippen molar-refractivity contribution in [1.29, 1.82) is 0 Å². The predicted molar refractivity (Wildman–Crippen MR) is 83.1 cm³/mol. The van der Waals surface area contributed by atoms with Gasteiger partial charge in [0.2, 0.25) is 0 Å². The number of carbonyl (C=O) groups is 1. The molecule has 1 aliphatic rings. The average molecular weight is 397 g/mol. The van der Waals surface area contributed by atoms with Crippen LogP contribution in [0.4, 0.5) is 0 Å². The molecule has 0 radical (unpaired) electrons. The molecule has 1 saturated heterocycles. The third-order valence-electron chi connectivity index (χ3n) is 3.44. The predicted octanol–water partition coefficient (Wildman–Crippen LogP) is 2.63. The van der Waals surface area contributed by atoms with Gasteiger partial charge in [0.25, 0.3) is 15.0 Å². The van der Waals surface area contributed by atoms with Crippen molar-refractivity contribution in [3.63, 3.8) is 0 Å². The van der Waals surface area contributed by atoms with Crippen molar-refractivity contribution in [2.45, 2.75) is 23.8 Å². The Morgan fingerprint density at radius 1 is 1.48 bits per heavy atom. The summed E-state index contributed by atoms with van der Waals surface area (Å²) in [6, 6.07) is 4.39. The maximum absolute atomic E-state index is 12.5. The van der Waals surface area contributed by atoms with Crippen LogP contribution in [0.2, 0.25) is 0 Å². The van der Waals surface area contributed by atoms with Gasteiger partial charge in [0.1, 0.15) is 0 Å². The lowest BCUT2D eigenvalue weighted by molar-refractivity contribution is 0.0269. The molecule has 1 heterocycles. The summed E-state index contributed by atoms with van der Waals surface area (Å²) < 4.78 is 28.6. The number of rotatable bonds is 3. The number of nitrogens with zero attached hydrogens (tertiary/aromatic N) is 1. The Labute approximate surface area is 136 Å². The molecule has 0 saturated carbocycles. The fourth-order valence-corrected chi connectivity index (χ4v) is 4.44. The van der Waals surface area contributed by atoms with Crippen LogP contribution in [0, 0.1) is 0 Å². The lowest BCUT2D eigenvalue weighted by atomic mass is 10.1. The van der Waals surface area contributed by atoms with E-state index in [1.54, 1.807) is 18.1 Å². The van der Waals surface area contributed by atoms with E-state index in [4.69, 9.17) is 15.4 Å². The Morgan fingerprint density at radius 3 is 2.81 bits per heavy atom. The van der Waals surface area contributed by atoms with Gasteiger partial charge in [0.15, 0.2) is 0 Å². The van der Waals surface area contributed by atoms with E-state index >= 15 is 0 Å². The highest BCUT2D eigenvalue weighted by atomic mass is 79.9. The minimum Gasteiger partial charge on any atom is -0.380 e. The molecule has 1 aromatic carbocycles. The number of hydrogen-bond acceptors (Lipinski definition) is 4. The minimum absolute atomic E-state index is 0.0226. The Hall–Kier alpha value is -0.630. The van der Waals surface area contributed by atoms with Gasteiger partial charge in [-0.1, -0.05) is 0 Å². The molecule has 1 amide bonds. The third-order valence-corrected chi connectivity index (χ3v) is 5.76. The molecular weight excluding hydrogens is 382 g/mol. The van der Waals surface area contributed by atoms with E-state index in [0.29, 0.717) is 23.1 Å². The molecule has 0 spiro atoms. The van der Waals surface area contributed by atoms with Crippen molar-refractivity contribution in [2.75, 3.05) is 20.2 Å². The van der Waals surface area contributed by atoms with Crippen LogP contribution in [0.5, 0.6) is 0 Å². The minimum atomic E-state index is -3.91. The summed E-state index contributed by atoms with van der Waals surface area (Å²) in [5.41, 5.74) is 0.300. The molecule has 21 heavy (non-hydrogen) atoms. The van der Waals surface area contributed by atoms with E-state index in [1.807, 2.05) is 0 Å². The second-order valence-electron chi connectivity index (χ2n) is 4.83. The van der Waals surface area contributed by atoms with Crippen molar-refractivity contribution in [3.05, 3.63) is 28.2 Å². The zero-order chi connectivity index (χ0) is 15.6. The number of methoxy groups -OCH3 is 1. The molecule has 1 aliphatic heterocycles. The van der Waals surface area contributed by atoms with E-state index in [0.717, 1.165) is 12.8 Å². The van der Waals surface area contributed by atoms with Crippen molar-refractivity contribution in [3.8, 4) is 0 Å². The molecule has 116 valence electrons. The second kappa shape index (κ2) is 6.64. The Morgan fingerprint density at radius 2 is 2.19 bits per heavy atom. The van der Waals surface area contributed by atoms with Crippen LogP contribution >= 0.6 is 26.6 Å².